The number of nitrogens with zero attached hydrogens (tertiary/aromatic N) is 4. The summed E-state index contributed by atoms with van der Waals surface area (Å²) in [6.45, 7) is 0. The van der Waals surface area contributed by atoms with Crippen molar-refractivity contribution in [1.82, 2.24) is 19.9 Å². The molecule has 0 saturated heterocycles. The lowest BCUT2D eigenvalue weighted by Crippen LogP contribution is -1.98. The van der Waals surface area contributed by atoms with Gasteiger partial charge in [0.05, 0.1) is 22.4 Å². The Morgan fingerprint density at radius 2 is 0.688 bits per heavy atom. The maximum atomic E-state index is 5.18. The smallest absolute Gasteiger partial charge is 0.116 e. The minimum absolute atomic E-state index is 0.892. The van der Waals surface area contributed by atoms with Crippen LogP contribution in [0.1, 0.15) is 0 Å². The van der Waals surface area contributed by atoms with Crippen LogP contribution >= 0.6 is 0 Å². The van der Waals surface area contributed by atoms with Crippen molar-refractivity contribution in [3.8, 4) is 55.9 Å². The van der Waals surface area contributed by atoms with Crippen molar-refractivity contribution in [2.24, 2.45) is 0 Å². The molecule has 0 N–H and O–H groups in total. The van der Waals surface area contributed by atoms with E-state index in [1.165, 1.54) is 49.0 Å². The molecule has 0 unspecified atom stereocenters. The number of rotatable bonds is 5. The molecule has 0 spiro atoms. The number of aromatic nitrogens is 4. The molecule has 13 rings (SSSR count). The van der Waals surface area contributed by atoms with Gasteiger partial charge in [0.15, 0.2) is 0 Å². The van der Waals surface area contributed by atoms with Crippen LogP contribution in [0.5, 0.6) is 0 Å². The predicted molar refractivity (Wildman–Crippen MR) is 267 cm³/mol. The van der Waals surface area contributed by atoms with E-state index in [2.05, 4.69) is 194 Å². The highest BCUT2D eigenvalue weighted by Gasteiger charge is 2.25. The lowest BCUT2D eigenvalue weighted by Gasteiger charge is -2.23. The SMILES string of the molecule is c1ccc(-c2ccc3c(-c4ncnc5ccccc45)c4cc5c(-c6ccccc6)c(-c6ccc7ccccc7c6)c6ccccc6c5cc4c(-c4ncnc5ccccc45)c3c2)cc1. The van der Waals surface area contributed by atoms with Gasteiger partial charge >= 0.3 is 0 Å². The largest absolute Gasteiger partial charge is 0.236 e. The fraction of sp³-hybridized carbons (Fsp3) is 0. The molecule has 0 bridgehead atoms. The van der Waals surface area contributed by atoms with E-state index in [4.69, 9.17) is 19.9 Å². The third kappa shape index (κ3) is 5.63. The second-order valence-corrected chi connectivity index (χ2v) is 16.5. The van der Waals surface area contributed by atoms with Crippen LogP contribution < -0.4 is 0 Å². The molecule has 2 heterocycles. The standard InChI is InChI=1S/C60H36N4/c1-3-15-37(16-4-1)41-29-30-45-49(32-41)58(60-47-24-12-14-26-54(47)62-36-64-60)51-33-48-43-21-9-10-22-44(43)56(42-28-27-38-17-7-8-20-40(38)31-42)55(39-18-5-2-6-19-39)50(48)34-52(51)57(45)59-46-23-11-13-25-53(46)61-35-63-59/h1-36H. The highest BCUT2D eigenvalue weighted by atomic mass is 14.8. The van der Waals surface area contributed by atoms with E-state index in [1.54, 1.807) is 12.7 Å². The molecule has 0 saturated carbocycles. The zero-order valence-corrected chi connectivity index (χ0v) is 34.6. The van der Waals surface area contributed by atoms with Gasteiger partial charge in [-0.3, -0.25) is 0 Å². The Labute approximate surface area is 368 Å². The van der Waals surface area contributed by atoms with Crippen molar-refractivity contribution >= 4 is 75.7 Å². The molecule has 0 fully saturated rings. The fourth-order valence-electron chi connectivity index (χ4n) is 10.2. The van der Waals surface area contributed by atoms with Crippen molar-refractivity contribution in [2.75, 3.05) is 0 Å². The van der Waals surface area contributed by atoms with Crippen LogP contribution in [0.3, 0.4) is 0 Å². The maximum absolute atomic E-state index is 5.18. The molecule has 64 heavy (non-hydrogen) atoms. The van der Waals surface area contributed by atoms with Gasteiger partial charge in [0.1, 0.15) is 12.7 Å². The van der Waals surface area contributed by atoms with Crippen molar-refractivity contribution < 1.29 is 0 Å². The van der Waals surface area contributed by atoms with Crippen LogP contribution in [0, 0.1) is 0 Å². The first-order valence-electron chi connectivity index (χ1n) is 21.7. The number of benzene rings is 11. The van der Waals surface area contributed by atoms with Crippen LogP contribution in [0.15, 0.2) is 219 Å². The van der Waals surface area contributed by atoms with Crippen LogP contribution in [0.2, 0.25) is 0 Å². The summed E-state index contributed by atoms with van der Waals surface area (Å²) in [6.07, 6.45) is 3.42. The molecule has 296 valence electrons. The molecule has 4 heteroatoms. The van der Waals surface area contributed by atoms with Gasteiger partial charge in [-0.2, -0.15) is 0 Å². The van der Waals surface area contributed by atoms with Crippen LogP contribution in [-0.2, 0) is 0 Å². The molecule has 0 atom stereocenters. The molecule has 0 aliphatic heterocycles. The molecule has 13 aromatic rings. The lowest BCUT2D eigenvalue weighted by molar-refractivity contribution is 1.23. The molecule has 0 amide bonds. The van der Waals surface area contributed by atoms with Gasteiger partial charge in [-0.05, 0) is 124 Å². The van der Waals surface area contributed by atoms with E-state index in [9.17, 15) is 0 Å². The highest BCUT2D eigenvalue weighted by molar-refractivity contribution is 6.30. The number of hydrogen-bond acceptors (Lipinski definition) is 4. The van der Waals surface area contributed by atoms with Crippen LogP contribution in [0.25, 0.3) is 132 Å². The van der Waals surface area contributed by atoms with Crippen LogP contribution in [0.4, 0.5) is 0 Å². The second kappa shape index (κ2) is 14.5. The topological polar surface area (TPSA) is 51.6 Å². The summed E-state index contributed by atoms with van der Waals surface area (Å²) in [5, 5.41) is 13.5. The summed E-state index contributed by atoms with van der Waals surface area (Å²) in [5.41, 5.74) is 12.7. The monoisotopic (exact) mass is 812 g/mol. The van der Waals surface area contributed by atoms with E-state index in [1.807, 2.05) is 12.1 Å². The first kappa shape index (κ1) is 36.1. The van der Waals surface area contributed by atoms with E-state index >= 15 is 0 Å². The molecule has 11 aromatic carbocycles. The normalized spacial score (nSPS) is 11.8. The number of para-hydroxylation sites is 2. The Hall–Kier alpha value is -8.60. The second-order valence-electron chi connectivity index (χ2n) is 16.5. The average molecular weight is 813 g/mol. The van der Waals surface area contributed by atoms with E-state index in [0.29, 0.717) is 0 Å². The van der Waals surface area contributed by atoms with Gasteiger partial charge in [-0.1, -0.05) is 170 Å². The van der Waals surface area contributed by atoms with Crippen molar-refractivity contribution in [3.63, 3.8) is 0 Å². The first-order valence-corrected chi connectivity index (χ1v) is 21.7. The van der Waals surface area contributed by atoms with E-state index in [0.717, 1.165) is 82.6 Å². The molecule has 4 nitrogen and oxygen atoms in total. The van der Waals surface area contributed by atoms with Crippen molar-refractivity contribution in [2.45, 2.75) is 0 Å². The molecule has 0 radical (unpaired) electrons. The van der Waals surface area contributed by atoms with Gasteiger partial charge in [-0.25, -0.2) is 19.9 Å². The maximum Gasteiger partial charge on any atom is 0.116 e. The van der Waals surface area contributed by atoms with Gasteiger partial charge in [0.25, 0.3) is 0 Å². The third-order valence-electron chi connectivity index (χ3n) is 13.0. The summed E-state index contributed by atoms with van der Waals surface area (Å²) in [7, 11) is 0. The zero-order valence-electron chi connectivity index (χ0n) is 34.6. The zero-order chi connectivity index (χ0) is 42.1. The van der Waals surface area contributed by atoms with Gasteiger partial charge in [-0.15, -0.1) is 0 Å². The average Bonchev–Trinajstić information content (AvgIpc) is 3.37. The summed E-state index contributed by atoms with van der Waals surface area (Å²) < 4.78 is 0. The lowest BCUT2D eigenvalue weighted by atomic mass is 9.81. The Balaban J connectivity index is 1.29. The minimum atomic E-state index is 0.892. The van der Waals surface area contributed by atoms with Crippen molar-refractivity contribution in [3.05, 3.63) is 219 Å². The van der Waals surface area contributed by atoms with E-state index in [-0.39, 0.29) is 0 Å². The summed E-state index contributed by atoms with van der Waals surface area (Å²) in [4.78, 5) is 19.9. The van der Waals surface area contributed by atoms with E-state index < -0.39 is 0 Å². The van der Waals surface area contributed by atoms with Crippen LogP contribution in [-0.4, -0.2) is 19.9 Å². The highest BCUT2D eigenvalue weighted by Crippen LogP contribution is 2.51. The quantitative estimate of drug-likeness (QED) is 0.128. The predicted octanol–water partition coefficient (Wildman–Crippen LogP) is 15.7. The fourth-order valence-corrected chi connectivity index (χ4v) is 10.2. The van der Waals surface area contributed by atoms with Gasteiger partial charge in [0.2, 0.25) is 0 Å². The summed E-state index contributed by atoms with van der Waals surface area (Å²) in [6, 6.07) is 74.5. The Bertz CT molecular complexity index is 4000. The summed E-state index contributed by atoms with van der Waals surface area (Å²) >= 11 is 0. The Morgan fingerprint density at radius 3 is 1.38 bits per heavy atom. The number of hydrogen-bond donors (Lipinski definition) is 0. The Kier molecular flexibility index (Phi) is 8.18. The summed E-state index contributed by atoms with van der Waals surface area (Å²) in [5.74, 6) is 0. The minimum Gasteiger partial charge on any atom is -0.236 e. The molecule has 0 aliphatic rings. The molecular formula is C60H36N4. The number of fused-ring (bicyclic) bond motifs is 8. The molecular weight excluding hydrogens is 777 g/mol. The first-order chi connectivity index (χ1) is 31.8. The molecule has 0 aliphatic carbocycles. The van der Waals surface area contributed by atoms with Gasteiger partial charge < -0.3 is 0 Å². The Morgan fingerprint density at radius 1 is 0.219 bits per heavy atom. The molecule has 2 aromatic heterocycles. The van der Waals surface area contributed by atoms with Crippen molar-refractivity contribution in [1.29, 1.82) is 0 Å². The van der Waals surface area contributed by atoms with Gasteiger partial charge in [0, 0.05) is 21.9 Å². The third-order valence-corrected chi connectivity index (χ3v) is 13.0.